The fourth-order valence-electron chi connectivity index (χ4n) is 3.64. The van der Waals surface area contributed by atoms with Gasteiger partial charge in [-0.15, -0.1) is 0 Å². The Morgan fingerprint density at radius 3 is 1.40 bits per heavy atom. The van der Waals surface area contributed by atoms with Crippen LogP contribution in [0.4, 0.5) is 0 Å². The standard InChI is InChI=1S/C12H22.C7H16.C5H11NO.C5H12.C4H8O.2C2H6/c1-3-5-11-7-9-12(6-4-2)10-8-11;1-4-5-6-7(2)3;1-3-5(7)6-4-2;1-3-5-4-2;1-3-4(2)5;2*1-2/h3,5,11-12H,4,6-10H2,1-2H3;7H,4-6H2,1-3H3;3-4H2,1-2H3,(H,6,7);3-5H2,1-2H3;3H2,1-2H3;2*1-2H3/b5-3-;;;;;;. The third kappa shape index (κ3) is 61.1. The van der Waals surface area contributed by atoms with Crippen molar-refractivity contribution in [2.75, 3.05) is 6.54 Å². The molecule has 1 N–H and O–H groups in total. The number of ketones is 1. The number of rotatable bonds is 11. The van der Waals surface area contributed by atoms with Gasteiger partial charge in [-0.05, 0) is 64.2 Å². The second-order valence-corrected chi connectivity index (χ2v) is 10.3. The lowest BCUT2D eigenvalue weighted by Crippen LogP contribution is -2.20. The van der Waals surface area contributed by atoms with Gasteiger partial charge in [-0.25, -0.2) is 0 Å². The van der Waals surface area contributed by atoms with E-state index in [0.717, 1.165) is 24.3 Å². The summed E-state index contributed by atoms with van der Waals surface area (Å²) in [7, 11) is 0. The molecule has 1 aliphatic rings. The van der Waals surface area contributed by atoms with Gasteiger partial charge in [0, 0.05) is 19.4 Å². The van der Waals surface area contributed by atoms with Crippen LogP contribution in [0.5, 0.6) is 0 Å². The maximum atomic E-state index is 10.3. The van der Waals surface area contributed by atoms with Crippen LogP contribution in [0, 0.1) is 17.8 Å². The summed E-state index contributed by atoms with van der Waals surface area (Å²) in [5, 5.41) is 2.66. The van der Waals surface area contributed by atoms with E-state index in [1.54, 1.807) is 6.92 Å². The molecule has 0 bridgehead atoms. The highest BCUT2D eigenvalue weighted by Crippen LogP contribution is 2.31. The van der Waals surface area contributed by atoms with Gasteiger partial charge in [0.1, 0.15) is 5.78 Å². The minimum atomic E-state index is 0.127. The van der Waals surface area contributed by atoms with Gasteiger partial charge in [0.15, 0.2) is 0 Å². The second kappa shape index (κ2) is 50.7. The Balaban J connectivity index is -0.0000000912. The first-order valence-corrected chi connectivity index (χ1v) is 17.5. The highest BCUT2D eigenvalue weighted by atomic mass is 16.1. The molecule has 0 heterocycles. The predicted molar refractivity (Wildman–Crippen MR) is 187 cm³/mol. The van der Waals surface area contributed by atoms with Gasteiger partial charge in [0.2, 0.25) is 5.91 Å². The molecule has 0 aromatic carbocycles. The molecule has 1 rings (SSSR count). The van der Waals surface area contributed by atoms with Crippen LogP contribution < -0.4 is 5.32 Å². The van der Waals surface area contributed by atoms with E-state index in [-0.39, 0.29) is 11.7 Å². The maximum Gasteiger partial charge on any atom is 0.219 e. The van der Waals surface area contributed by atoms with E-state index < -0.39 is 0 Å². The molecule has 3 heteroatoms. The molecule has 40 heavy (non-hydrogen) atoms. The molecule has 246 valence electrons. The van der Waals surface area contributed by atoms with Gasteiger partial charge < -0.3 is 10.1 Å². The number of hydrogen-bond donors (Lipinski definition) is 1. The molecule has 0 aromatic rings. The van der Waals surface area contributed by atoms with Gasteiger partial charge in [-0.3, -0.25) is 4.79 Å². The first-order valence-electron chi connectivity index (χ1n) is 17.5. The molecule has 0 saturated heterocycles. The normalized spacial score (nSPS) is 14.9. The Morgan fingerprint density at radius 2 is 1.20 bits per heavy atom. The van der Waals surface area contributed by atoms with E-state index in [1.165, 1.54) is 77.0 Å². The number of nitrogens with one attached hydrogen (secondary N) is 1. The number of Topliss-reactive ketones (excluding diaryl/α,β-unsaturated/α-hetero) is 1. The van der Waals surface area contributed by atoms with Crippen LogP contribution in [-0.4, -0.2) is 18.2 Å². The van der Waals surface area contributed by atoms with Crippen LogP contribution >= 0.6 is 0 Å². The largest absolute Gasteiger partial charge is 0.356 e. The average Bonchev–Trinajstić information content (AvgIpc) is 2.97. The summed E-state index contributed by atoms with van der Waals surface area (Å²) < 4.78 is 0. The van der Waals surface area contributed by atoms with Gasteiger partial charge >= 0.3 is 0 Å². The maximum absolute atomic E-state index is 10.3. The molecule has 1 saturated carbocycles. The average molecular weight is 572 g/mol. The van der Waals surface area contributed by atoms with Crippen LogP contribution in [0.2, 0.25) is 0 Å². The Hall–Kier alpha value is -1.12. The lowest BCUT2D eigenvalue weighted by Gasteiger charge is -2.26. The first kappa shape index (κ1) is 51.6. The highest BCUT2D eigenvalue weighted by molar-refractivity contribution is 5.75. The van der Waals surface area contributed by atoms with E-state index in [0.29, 0.717) is 12.8 Å². The molecule has 0 unspecified atom stereocenters. The van der Waals surface area contributed by atoms with Gasteiger partial charge in [-0.2, -0.15) is 0 Å². The van der Waals surface area contributed by atoms with Crippen molar-refractivity contribution in [3.63, 3.8) is 0 Å². The van der Waals surface area contributed by atoms with Crippen molar-refractivity contribution in [3.05, 3.63) is 12.2 Å². The molecule has 1 aliphatic carbocycles. The summed E-state index contributed by atoms with van der Waals surface area (Å²) in [5.41, 5.74) is 0. The number of amides is 1. The van der Waals surface area contributed by atoms with E-state index in [9.17, 15) is 9.59 Å². The van der Waals surface area contributed by atoms with Gasteiger partial charge in [0.05, 0.1) is 0 Å². The third-order valence-corrected chi connectivity index (χ3v) is 6.09. The Kier molecular flexibility index (Phi) is 65.4. The summed E-state index contributed by atoms with van der Waals surface area (Å²) in [5.74, 6) is 3.24. The zero-order valence-corrected chi connectivity index (χ0v) is 30.8. The predicted octanol–water partition coefficient (Wildman–Crippen LogP) is 12.8. The van der Waals surface area contributed by atoms with Crippen LogP contribution in [0.25, 0.3) is 0 Å². The molecule has 0 spiro atoms. The third-order valence-electron chi connectivity index (χ3n) is 6.09. The minimum absolute atomic E-state index is 0.127. The fourth-order valence-corrected chi connectivity index (χ4v) is 3.64. The number of carbonyl (C=O) groups excluding carboxylic acids is 2. The molecular formula is C37H81NO2. The molecule has 0 radical (unpaired) electrons. The van der Waals surface area contributed by atoms with E-state index in [2.05, 4.69) is 65.9 Å². The minimum Gasteiger partial charge on any atom is -0.356 e. The zero-order chi connectivity index (χ0) is 32.6. The van der Waals surface area contributed by atoms with Crippen LogP contribution in [0.15, 0.2) is 12.2 Å². The number of carbonyl (C=O) groups is 2. The highest BCUT2D eigenvalue weighted by Gasteiger charge is 2.17. The molecule has 0 aliphatic heterocycles. The molecular weight excluding hydrogens is 490 g/mol. The second-order valence-electron chi connectivity index (χ2n) is 10.3. The van der Waals surface area contributed by atoms with Crippen molar-refractivity contribution in [1.82, 2.24) is 5.32 Å². The summed E-state index contributed by atoms with van der Waals surface area (Å²) in [6.45, 7) is 31.6. The van der Waals surface area contributed by atoms with Crippen molar-refractivity contribution in [1.29, 1.82) is 0 Å². The molecule has 1 fully saturated rings. The smallest absolute Gasteiger partial charge is 0.219 e. The van der Waals surface area contributed by atoms with Crippen LogP contribution in [0.1, 0.15) is 194 Å². The Labute approximate surface area is 256 Å². The number of hydrogen-bond acceptors (Lipinski definition) is 2. The van der Waals surface area contributed by atoms with E-state index in [4.69, 9.17) is 0 Å². The van der Waals surface area contributed by atoms with Crippen molar-refractivity contribution < 1.29 is 9.59 Å². The van der Waals surface area contributed by atoms with E-state index >= 15 is 0 Å². The van der Waals surface area contributed by atoms with Crippen LogP contribution in [0.3, 0.4) is 0 Å². The molecule has 0 atom stereocenters. The summed E-state index contributed by atoms with van der Waals surface area (Å²) >= 11 is 0. The quantitative estimate of drug-likeness (QED) is 0.251. The summed E-state index contributed by atoms with van der Waals surface area (Å²) in [4.78, 5) is 20.1. The summed E-state index contributed by atoms with van der Waals surface area (Å²) in [6, 6.07) is 0. The van der Waals surface area contributed by atoms with Crippen molar-refractivity contribution in [3.8, 4) is 0 Å². The summed E-state index contributed by atoms with van der Waals surface area (Å²) in [6.07, 6.45) is 22.7. The zero-order valence-electron chi connectivity index (χ0n) is 30.8. The van der Waals surface area contributed by atoms with Crippen molar-refractivity contribution in [2.24, 2.45) is 17.8 Å². The van der Waals surface area contributed by atoms with Gasteiger partial charge in [0.25, 0.3) is 0 Å². The number of allylic oxidation sites excluding steroid dienone is 2. The topological polar surface area (TPSA) is 46.2 Å². The number of unbranched alkanes of at least 4 members (excludes halogenated alkanes) is 3. The monoisotopic (exact) mass is 572 g/mol. The fraction of sp³-hybridized carbons (Fsp3) is 0.892. The van der Waals surface area contributed by atoms with Crippen molar-refractivity contribution >= 4 is 11.7 Å². The Morgan fingerprint density at radius 1 is 0.750 bits per heavy atom. The Bertz CT molecular complexity index is 447. The van der Waals surface area contributed by atoms with Crippen LogP contribution in [-0.2, 0) is 9.59 Å². The van der Waals surface area contributed by atoms with E-state index in [1.807, 2.05) is 48.5 Å². The SMILES string of the molecule is C/C=C\C1CCC(CCC)CC1.CC.CC.CCC(C)=O.CCCCC.CCCCC(C)C.CCNC(=O)CC. The first-order chi connectivity index (χ1) is 19.1. The lowest BCUT2D eigenvalue weighted by molar-refractivity contribution is -0.120. The lowest BCUT2D eigenvalue weighted by atomic mass is 9.80. The molecule has 0 aromatic heterocycles. The van der Waals surface area contributed by atoms with Gasteiger partial charge in [-0.1, -0.05) is 147 Å². The molecule has 3 nitrogen and oxygen atoms in total. The molecule has 1 amide bonds. The van der Waals surface area contributed by atoms with Crippen molar-refractivity contribution in [2.45, 2.75) is 194 Å².